The van der Waals surface area contributed by atoms with E-state index in [1.54, 1.807) is 44.3 Å². The Balaban J connectivity index is 1.68. The fourth-order valence-electron chi connectivity index (χ4n) is 3.59. The van der Waals surface area contributed by atoms with Gasteiger partial charge >= 0.3 is 5.97 Å². The maximum atomic E-state index is 12.9. The molecule has 3 aromatic rings. The number of aryl methyl sites for hydroxylation is 1. The maximum absolute atomic E-state index is 12.9. The molecule has 1 amide bonds. The number of benzene rings is 2. The fraction of sp³-hybridized carbons (Fsp3) is 0.308. The van der Waals surface area contributed by atoms with E-state index in [0.29, 0.717) is 29.8 Å². The van der Waals surface area contributed by atoms with Crippen LogP contribution in [0.1, 0.15) is 41.0 Å². The second-order valence-electron chi connectivity index (χ2n) is 8.12. The third-order valence-corrected chi connectivity index (χ3v) is 5.46. The lowest BCUT2D eigenvalue weighted by Gasteiger charge is -2.20. The molecule has 1 N–H and O–H groups in total. The van der Waals surface area contributed by atoms with Crippen molar-refractivity contribution in [3.63, 3.8) is 0 Å². The van der Waals surface area contributed by atoms with Crippen molar-refractivity contribution >= 4 is 28.6 Å². The molecule has 0 saturated carbocycles. The van der Waals surface area contributed by atoms with Gasteiger partial charge in [-0.3, -0.25) is 9.59 Å². The number of Topliss-reactive ketones (excluding diaryl/α,β-unsaturated/α-hetero) is 1. The zero-order valence-corrected chi connectivity index (χ0v) is 19.4. The molecule has 0 fully saturated rings. The van der Waals surface area contributed by atoms with Crippen molar-refractivity contribution in [2.45, 2.75) is 32.9 Å². The van der Waals surface area contributed by atoms with Crippen LogP contribution < -0.4 is 10.1 Å². The van der Waals surface area contributed by atoms with E-state index in [0.717, 1.165) is 10.9 Å². The zero-order chi connectivity index (χ0) is 24.7. The van der Waals surface area contributed by atoms with Crippen LogP contribution in [0.2, 0.25) is 0 Å². The Hall–Kier alpha value is -4.12. The largest absolute Gasteiger partial charge is 0.497 e. The van der Waals surface area contributed by atoms with Crippen molar-refractivity contribution in [2.24, 2.45) is 5.92 Å². The molecule has 0 bridgehead atoms. The first kappa shape index (κ1) is 24.5. The molecule has 1 unspecified atom stereocenters. The minimum atomic E-state index is -0.917. The van der Waals surface area contributed by atoms with E-state index < -0.39 is 24.5 Å². The summed E-state index contributed by atoms with van der Waals surface area (Å²) in [5.74, 6) is -1.10. The second kappa shape index (κ2) is 11.1. The summed E-state index contributed by atoms with van der Waals surface area (Å²) < 4.78 is 12.2. The van der Waals surface area contributed by atoms with Crippen molar-refractivity contribution in [1.82, 2.24) is 9.88 Å². The van der Waals surface area contributed by atoms with Gasteiger partial charge in [0.1, 0.15) is 11.8 Å². The number of carbonyl (C=O) groups is 3. The van der Waals surface area contributed by atoms with E-state index in [-0.39, 0.29) is 11.7 Å². The molecule has 0 aliphatic heterocycles. The van der Waals surface area contributed by atoms with Crippen molar-refractivity contribution in [3.8, 4) is 11.8 Å². The molecule has 0 radical (unpaired) electrons. The minimum Gasteiger partial charge on any atom is -0.497 e. The molecule has 1 aromatic heterocycles. The summed E-state index contributed by atoms with van der Waals surface area (Å²) in [6.45, 7) is 3.57. The van der Waals surface area contributed by atoms with Gasteiger partial charge in [-0.25, -0.2) is 4.79 Å². The molecule has 0 aliphatic carbocycles. The Bertz CT molecular complexity index is 1220. The number of nitrogens with one attached hydrogen (secondary N) is 1. The summed E-state index contributed by atoms with van der Waals surface area (Å²) in [5.41, 5.74) is 1.63. The van der Waals surface area contributed by atoms with Crippen LogP contribution in [0.3, 0.4) is 0 Å². The summed E-state index contributed by atoms with van der Waals surface area (Å²) in [7, 11) is 1.53. The molecule has 2 aromatic carbocycles. The van der Waals surface area contributed by atoms with Crippen LogP contribution in [0.5, 0.6) is 5.75 Å². The Morgan fingerprint density at radius 3 is 2.44 bits per heavy atom. The lowest BCUT2D eigenvalue weighted by atomic mass is 10.0. The quantitative estimate of drug-likeness (QED) is 0.364. The number of hydrogen-bond acceptors (Lipinski definition) is 6. The molecule has 176 valence electrons. The Morgan fingerprint density at radius 1 is 1.09 bits per heavy atom. The maximum Gasteiger partial charge on any atom is 0.329 e. The van der Waals surface area contributed by atoms with Gasteiger partial charge in [0, 0.05) is 34.8 Å². The standard InChI is InChI=1S/C26H27N3O5/c1-17(2)24(28-25(31)18-9-11-19(33-3)12-10-18)26(32)34-16-23(30)21-15-29(14-6-13-27)22-8-5-4-7-20(21)22/h4-5,7-12,15,17,24H,6,14,16H2,1-3H3,(H,28,31). The number of amides is 1. The van der Waals surface area contributed by atoms with Crippen LogP contribution in [0, 0.1) is 17.2 Å². The topological polar surface area (TPSA) is 110 Å². The molecule has 8 heteroatoms. The molecular formula is C26H27N3O5. The number of nitriles is 1. The third kappa shape index (κ3) is 5.62. The van der Waals surface area contributed by atoms with Crippen molar-refractivity contribution < 1.29 is 23.9 Å². The molecule has 0 aliphatic rings. The van der Waals surface area contributed by atoms with E-state index in [9.17, 15) is 14.4 Å². The predicted molar refractivity (Wildman–Crippen MR) is 127 cm³/mol. The number of aromatic nitrogens is 1. The van der Waals surface area contributed by atoms with E-state index in [1.165, 1.54) is 7.11 Å². The van der Waals surface area contributed by atoms with Gasteiger partial charge in [0.2, 0.25) is 5.78 Å². The molecule has 0 spiro atoms. The van der Waals surface area contributed by atoms with Crippen molar-refractivity contribution in [1.29, 1.82) is 5.26 Å². The fourth-order valence-corrected chi connectivity index (χ4v) is 3.59. The van der Waals surface area contributed by atoms with E-state index in [4.69, 9.17) is 14.7 Å². The molecule has 8 nitrogen and oxygen atoms in total. The van der Waals surface area contributed by atoms with E-state index in [2.05, 4.69) is 11.4 Å². The highest BCUT2D eigenvalue weighted by atomic mass is 16.5. The minimum absolute atomic E-state index is 0.252. The summed E-state index contributed by atoms with van der Waals surface area (Å²) >= 11 is 0. The number of fused-ring (bicyclic) bond motifs is 1. The van der Waals surface area contributed by atoms with Gasteiger partial charge in [0.25, 0.3) is 5.91 Å². The number of rotatable bonds is 10. The van der Waals surface area contributed by atoms with Crippen LogP contribution in [0.15, 0.2) is 54.7 Å². The number of esters is 1. The van der Waals surface area contributed by atoms with Crippen molar-refractivity contribution in [3.05, 3.63) is 65.9 Å². The first-order valence-electron chi connectivity index (χ1n) is 10.9. The zero-order valence-electron chi connectivity index (χ0n) is 19.4. The molecule has 34 heavy (non-hydrogen) atoms. The summed E-state index contributed by atoms with van der Waals surface area (Å²) in [4.78, 5) is 38.2. The smallest absolute Gasteiger partial charge is 0.329 e. The highest BCUT2D eigenvalue weighted by molar-refractivity contribution is 6.09. The predicted octanol–water partition coefficient (Wildman–Crippen LogP) is 3.74. The van der Waals surface area contributed by atoms with Crippen LogP contribution in [0.4, 0.5) is 0 Å². The van der Waals surface area contributed by atoms with Crippen molar-refractivity contribution in [2.75, 3.05) is 13.7 Å². The van der Waals surface area contributed by atoms with Gasteiger partial charge in [-0.15, -0.1) is 0 Å². The number of hydrogen-bond donors (Lipinski definition) is 1. The third-order valence-electron chi connectivity index (χ3n) is 5.46. The van der Waals surface area contributed by atoms with Gasteiger partial charge < -0.3 is 19.4 Å². The van der Waals surface area contributed by atoms with Crippen LogP contribution in [-0.4, -0.2) is 42.0 Å². The van der Waals surface area contributed by atoms with E-state index in [1.807, 2.05) is 28.8 Å². The van der Waals surface area contributed by atoms with E-state index >= 15 is 0 Å². The van der Waals surface area contributed by atoms with Crippen LogP contribution >= 0.6 is 0 Å². The summed E-state index contributed by atoms with van der Waals surface area (Å²) in [6, 6.07) is 15.1. The number of carbonyl (C=O) groups excluding carboxylic acids is 3. The Labute approximate surface area is 198 Å². The normalized spacial score (nSPS) is 11.6. The van der Waals surface area contributed by atoms with Gasteiger partial charge in [-0.2, -0.15) is 5.26 Å². The SMILES string of the molecule is COc1ccc(C(=O)NC(C(=O)OCC(=O)c2cn(CCC#N)c3ccccc23)C(C)C)cc1. The lowest BCUT2D eigenvalue weighted by molar-refractivity contribution is -0.145. The average Bonchev–Trinajstić information content (AvgIpc) is 3.22. The highest BCUT2D eigenvalue weighted by Crippen LogP contribution is 2.22. The molecule has 1 atom stereocenters. The molecule has 3 rings (SSSR count). The lowest BCUT2D eigenvalue weighted by Crippen LogP contribution is -2.45. The summed E-state index contributed by atoms with van der Waals surface area (Å²) in [6.07, 6.45) is 1.99. The monoisotopic (exact) mass is 461 g/mol. The van der Waals surface area contributed by atoms with Gasteiger partial charge in [-0.05, 0) is 36.2 Å². The van der Waals surface area contributed by atoms with Gasteiger partial charge in [0.15, 0.2) is 6.61 Å². The molecular weight excluding hydrogens is 434 g/mol. The van der Waals surface area contributed by atoms with Crippen LogP contribution in [0.25, 0.3) is 10.9 Å². The molecule has 1 heterocycles. The number of ketones is 1. The Morgan fingerprint density at radius 2 is 1.79 bits per heavy atom. The first-order valence-corrected chi connectivity index (χ1v) is 10.9. The molecule has 0 saturated heterocycles. The number of ether oxygens (including phenoxy) is 2. The summed E-state index contributed by atoms with van der Waals surface area (Å²) in [5, 5.41) is 12.3. The first-order chi connectivity index (χ1) is 16.3. The Kier molecular flexibility index (Phi) is 8.04. The second-order valence-corrected chi connectivity index (χ2v) is 8.12. The van der Waals surface area contributed by atoms with Crippen LogP contribution in [-0.2, 0) is 16.1 Å². The number of methoxy groups -OCH3 is 1. The van der Waals surface area contributed by atoms with Gasteiger partial charge in [0.05, 0.1) is 19.6 Å². The highest BCUT2D eigenvalue weighted by Gasteiger charge is 2.27. The van der Waals surface area contributed by atoms with Gasteiger partial charge in [-0.1, -0.05) is 32.0 Å². The number of nitrogens with zero attached hydrogens (tertiary/aromatic N) is 2. The number of para-hydroxylation sites is 1. The average molecular weight is 462 g/mol.